The molecule has 112 valence electrons. The Kier molecular flexibility index (Phi) is 5.55. The highest BCUT2D eigenvalue weighted by Gasteiger charge is 2.29. The molecular weight excluding hydrogens is 256 g/mol. The number of methoxy groups -OCH3 is 1. The minimum Gasteiger partial charge on any atom is -0.391 e. The van der Waals surface area contributed by atoms with Gasteiger partial charge < -0.3 is 20.5 Å². The lowest BCUT2D eigenvalue weighted by molar-refractivity contribution is 0.164. The fraction of sp³-hybridized carbons (Fsp3) is 0.714. The Morgan fingerprint density at radius 3 is 2.65 bits per heavy atom. The molecule has 6 nitrogen and oxygen atoms in total. The first-order valence-electron chi connectivity index (χ1n) is 7.25. The van der Waals surface area contributed by atoms with Crippen LogP contribution in [-0.4, -0.2) is 41.4 Å². The second-order valence-corrected chi connectivity index (χ2v) is 5.20. The maximum absolute atomic E-state index is 9.89. The summed E-state index contributed by atoms with van der Waals surface area (Å²) in [6.45, 7) is 3.88. The van der Waals surface area contributed by atoms with Crippen LogP contribution in [-0.2, 0) is 11.3 Å². The van der Waals surface area contributed by atoms with Crippen LogP contribution >= 0.6 is 0 Å². The second-order valence-electron chi connectivity index (χ2n) is 5.20. The SMILES string of the molecule is CCCNc1cc(NCC(O)C2CC2)nc(COC)n1. The first-order chi connectivity index (χ1) is 9.72. The van der Waals surface area contributed by atoms with E-state index < -0.39 is 0 Å². The zero-order valence-corrected chi connectivity index (χ0v) is 12.2. The van der Waals surface area contributed by atoms with Crippen molar-refractivity contribution < 1.29 is 9.84 Å². The number of nitrogens with zero attached hydrogens (tertiary/aromatic N) is 2. The summed E-state index contributed by atoms with van der Waals surface area (Å²) >= 11 is 0. The first-order valence-corrected chi connectivity index (χ1v) is 7.25. The Morgan fingerprint density at radius 1 is 1.35 bits per heavy atom. The quantitative estimate of drug-likeness (QED) is 0.638. The summed E-state index contributed by atoms with van der Waals surface area (Å²) in [5.74, 6) is 2.61. The van der Waals surface area contributed by atoms with Gasteiger partial charge in [0.2, 0.25) is 0 Å². The predicted octanol–water partition coefficient (Wildman–Crippen LogP) is 1.63. The lowest BCUT2D eigenvalue weighted by atomic mass is 10.2. The molecule has 1 aromatic heterocycles. The van der Waals surface area contributed by atoms with E-state index in [1.54, 1.807) is 7.11 Å². The molecule has 0 spiro atoms. The molecule has 1 aromatic rings. The van der Waals surface area contributed by atoms with Crippen LogP contribution in [0.15, 0.2) is 6.07 Å². The highest BCUT2D eigenvalue weighted by atomic mass is 16.5. The third-order valence-corrected chi connectivity index (χ3v) is 3.26. The molecule has 0 bridgehead atoms. The van der Waals surface area contributed by atoms with Crippen molar-refractivity contribution in [2.24, 2.45) is 5.92 Å². The van der Waals surface area contributed by atoms with Crippen molar-refractivity contribution >= 4 is 11.6 Å². The molecule has 1 heterocycles. The molecule has 0 aromatic carbocycles. The molecule has 0 radical (unpaired) electrons. The van der Waals surface area contributed by atoms with Gasteiger partial charge in [-0.15, -0.1) is 0 Å². The lowest BCUT2D eigenvalue weighted by Crippen LogP contribution is -2.22. The van der Waals surface area contributed by atoms with Gasteiger partial charge in [-0.05, 0) is 25.2 Å². The van der Waals surface area contributed by atoms with Crippen molar-refractivity contribution in [2.75, 3.05) is 30.8 Å². The van der Waals surface area contributed by atoms with Crippen LogP contribution < -0.4 is 10.6 Å². The number of anilines is 2. The van der Waals surface area contributed by atoms with E-state index >= 15 is 0 Å². The van der Waals surface area contributed by atoms with Crippen LogP contribution in [0, 0.1) is 5.92 Å². The Bertz CT molecular complexity index is 424. The molecule has 1 aliphatic rings. The molecule has 1 atom stereocenters. The molecule has 0 saturated heterocycles. The Morgan fingerprint density at radius 2 is 2.05 bits per heavy atom. The van der Waals surface area contributed by atoms with Crippen LogP contribution in [0.3, 0.4) is 0 Å². The van der Waals surface area contributed by atoms with Crippen LogP contribution in [0.1, 0.15) is 32.0 Å². The second kappa shape index (κ2) is 7.40. The number of hydrogen-bond donors (Lipinski definition) is 3. The maximum Gasteiger partial charge on any atom is 0.158 e. The minimum atomic E-state index is -0.289. The van der Waals surface area contributed by atoms with Gasteiger partial charge >= 0.3 is 0 Å². The van der Waals surface area contributed by atoms with Crippen molar-refractivity contribution in [1.82, 2.24) is 9.97 Å². The number of aliphatic hydroxyl groups excluding tert-OH is 1. The lowest BCUT2D eigenvalue weighted by Gasteiger charge is -2.13. The van der Waals surface area contributed by atoms with E-state index in [1.807, 2.05) is 6.07 Å². The highest BCUT2D eigenvalue weighted by molar-refractivity contribution is 5.47. The summed E-state index contributed by atoms with van der Waals surface area (Å²) in [4.78, 5) is 8.77. The van der Waals surface area contributed by atoms with E-state index in [-0.39, 0.29) is 6.10 Å². The molecule has 1 unspecified atom stereocenters. The van der Waals surface area contributed by atoms with E-state index in [0.717, 1.165) is 37.4 Å². The van der Waals surface area contributed by atoms with Crippen molar-refractivity contribution in [3.8, 4) is 0 Å². The third-order valence-electron chi connectivity index (χ3n) is 3.26. The number of rotatable bonds is 9. The average molecular weight is 280 g/mol. The molecule has 6 heteroatoms. The summed E-state index contributed by atoms with van der Waals surface area (Å²) < 4.78 is 5.09. The smallest absolute Gasteiger partial charge is 0.158 e. The number of nitrogens with one attached hydrogen (secondary N) is 2. The molecular formula is C14H24N4O2. The fourth-order valence-electron chi connectivity index (χ4n) is 1.98. The number of ether oxygens (including phenoxy) is 1. The normalized spacial score (nSPS) is 15.9. The summed E-state index contributed by atoms with van der Waals surface area (Å²) in [6.07, 6.45) is 3.01. The predicted molar refractivity (Wildman–Crippen MR) is 78.7 cm³/mol. The van der Waals surface area contributed by atoms with Gasteiger partial charge in [0.15, 0.2) is 5.82 Å². The Balaban J connectivity index is 1.98. The summed E-state index contributed by atoms with van der Waals surface area (Å²) in [5, 5.41) is 16.3. The molecule has 0 amide bonds. The standard InChI is InChI=1S/C14H24N4O2/c1-3-6-15-12-7-13(18-14(17-12)9-20-2)16-8-11(19)10-4-5-10/h7,10-11,19H,3-6,8-9H2,1-2H3,(H2,15,16,17,18). The van der Waals surface area contributed by atoms with Crippen molar-refractivity contribution in [3.05, 3.63) is 11.9 Å². The summed E-state index contributed by atoms with van der Waals surface area (Å²) in [6, 6.07) is 1.87. The van der Waals surface area contributed by atoms with Crippen LogP contribution in [0.5, 0.6) is 0 Å². The molecule has 3 N–H and O–H groups in total. The zero-order valence-electron chi connectivity index (χ0n) is 12.2. The maximum atomic E-state index is 9.89. The van der Waals surface area contributed by atoms with Gasteiger partial charge in [-0.2, -0.15) is 0 Å². The van der Waals surface area contributed by atoms with Crippen LogP contribution in [0.25, 0.3) is 0 Å². The van der Waals surface area contributed by atoms with Gasteiger partial charge in [0, 0.05) is 26.3 Å². The molecule has 0 aliphatic heterocycles. The monoisotopic (exact) mass is 280 g/mol. The largest absolute Gasteiger partial charge is 0.391 e. The van der Waals surface area contributed by atoms with Gasteiger partial charge in [0.1, 0.15) is 18.2 Å². The van der Waals surface area contributed by atoms with Crippen molar-refractivity contribution in [1.29, 1.82) is 0 Å². The summed E-state index contributed by atoms with van der Waals surface area (Å²) in [5.41, 5.74) is 0. The van der Waals surface area contributed by atoms with Crippen molar-refractivity contribution in [3.63, 3.8) is 0 Å². The van der Waals surface area contributed by atoms with Gasteiger partial charge in [-0.3, -0.25) is 0 Å². The Labute approximate surface area is 120 Å². The van der Waals surface area contributed by atoms with Crippen molar-refractivity contribution in [2.45, 2.75) is 38.9 Å². The van der Waals surface area contributed by atoms with E-state index in [9.17, 15) is 5.11 Å². The number of aromatic nitrogens is 2. The molecule has 20 heavy (non-hydrogen) atoms. The van der Waals surface area contributed by atoms with E-state index in [4.69, 9.17) is 4.74 Å². The fourth-order valence-corrected chi connectivity index (χ4v) is 1.98. The van der Waals surface area contributed by atoms with Gasteiger partial charge in [0.05, 0.1) is 6.10 Å². The topological polar surface area (TPSA) is 79.3 Å². The minimum absolute atomic E-state index is 0.289. The molecule has 1 fully saturated rings. The number of hydrogen-bond acceptors (Lipinski definition) is 6. The highest BCUT2D eigenvalue weighted by Crippen LogP contribution is 2.32. The van der Waals surface area contributed by atoms with Crippen LogP contribution in [0.4, 0.5) is 11.6 Å². The van der Waals surface area contributed by atoms with E-state index in [2.05, 4.69) is 27.5 Å². The molecule has 1 aliphatic carbocycles. The third kappa shape index (κ3) is 4.61. The Hall–Kier alpha value is -1.40. The first kappa shape index (κ1) is 15.0. The molecule has 2 rings (SSSR count). The van der Waals surface area contributed by atoms with Gasteiger partial charge in [-0.25, -0.2) is 9.97 Å². The van der Waals surface area contributed by atoms with Gasteiger partial charge in [-0.1, -0.05) is 6.92 Å². The zero-order chi connectivity index (χ0) is 14.4. The van der Waals surface area contributed by atoms with E-state index in [1.165, 1.54) is 0 Å². The molecule has 1 saturated carbocycles. The van der Waals surface area contributed by atoms with E-state index in [0.29, 0.717) is 24.9 Å². The van der Waals surface area contributed by atoms with Gasteiger partial charge in [0.25, 0.3) is 0 Å². The average Bonchev–Trinajstić information content (AvgIpc) is 3.27. The van der Waals surface area contributed by atoms with Crippen LogP contribution in [0.2, 0.25) is 0 Å². The summed E-state index contributed by atoms with van der Waals surface area (Å²) in [7, 11) is 1.62. The number of aliphatic hydroxyl groups is 1.